The summed E-state index contributed by atoms with van der Waals surface area (Å²) < 4.78 is 30.9. The lowest BCUT2D eigenvalue weighted by Gasteiger charge is -2.07. The van der Waals surface area contributed by atoms with Crippen LogP contribution in [0.15, 0.2) is 59.1 Å². The van der Waals surface area contributed by atoms with Gasteiger partial charge in [-0.2, -0.15) is 13.7 Å². The second-order valence-corrected chi connectivity index (χ2v) is 7.06. The Kier molecular flexibility index (Phi) is 6.00. The fourth-order valence-corrected chi connectivity index (χ4v) is 2.56. The Bertz CT molecular complexity index is 1010. The number of rotatable bonds is 5. The normalized spacial score (nSPS) is 11.5. The van der Waals surface area contributed by atoms with E-state index >= 15 is 0 Å². The summed E-state index contributed by atoms with van der Waals surface area (Å²) in [7, 11) is -4.28. The van der Waals surface area contributed by atoms with E-state index in [0.717, 1.165) is 5.56 Å². The number of halogens is 1. The van der Waals surface area contributed by atoms with Crippen LogP contribution in [-0.4, -0.2) is 18.9 Å². The molecule has 2 rings (SSSR count). The Morgan fingerprint density at radius 3 is 2.35 bits per heavy atom. The number of hydrogen-bond acceptors (Lipinski definition) is 5. The molecule has 0 aliphatic rings. The van der Waals surface area contributed by atoms with Gasteiger partial charge >= 0.3 is 0 Å². The Hall–Kier alpha value is -2.86. The van der Waals surface area contributed by atoms with Crippen LogP contribution in [0.3, 0.4) is 0 Å². The predicted octanol–water partition coefficient (Wildman–Crippen LogP) is 3.35. The third kappa shape index (κ3) is 5.07. The molecular formula is C17H14ClN3O4S. The number of nitrogens with zero attached hydrogens (tertiary/aromatic N) is 1. The molecule has 134 valence electrons. The van der Waals surface area contributed by atoms with E-state index in [-0.39, 0.29) is 10.5 Å². The highest BCUT2D eigenvalue weighted by Crippen LogP contribution is 2.20. The van der Waals surface area contributed by atoms with E-state index in [4.69, 9.17) is 21.4 Å². The van der Waals surface area contributed by atoms with Crippen molar-refractivity contribution in [3.05, 3.63) is 64.8 Å². The van der Waals surface area contributed by atoms with Crippen LogP contribution in [0.25, 0.3) is 0 Å². The van der Waals surface area contributed by atoms with Crippen molar-refractivity contribution < 1.29 is 17.8 Å². The highest BCUT2D eigenvalue weighted by molar-refractivity contribution is 7.85. The van der Waals surface area contributed by atoms with E-state index in [2.05, 4.69) is 10.6 Å². The molecule has 0 radical (unpaired) electrons. The second kappa shape index (κ2) is 8.01. The lowest BCUT2D eigenvalue weighted by molar-refractivity contribution is -0.112. The average Bonchev–Trinajstić information content (AvgIpc) is 2.58. The summed E-state index contributed by atoms with van der Waals surface area (Å²) >= 11 is 5.99. The van der Waals surface area contributed by atoms with Gasteiger partial charge in [0.15, 0.2) is 0 Å². The molecule has 0 bridgehead atoms. The molecule has 2 aromatic carbocycles. The van der Waals surface area contributed by atoms with Crippen LogP contribution < -0.4 is 10.6 Å². The maximum absolute atomic E-state index is 12.1. The fourth-order valence-electron chi connectivity index (χ4n) is 1.90. The van der Waals surface area contributed by atoms with Crippen LogP contribution in [0.1, 0.15) is 5.56 Å². The van der Waals surface area contributed by atoms with E-state index in [1.807, 2.05) is 6.92 Å². The molecule has 7 nitrogen and oxygen atoms in total. The monoisotopic (exact) mass is 391 g/mol. The molecule has 0 aliphatic carbocycles. The van der Waals surface area contributed by atoms with Gasteiger partial charge in [0.2, 0.25) is 0 Å². The molecule has 0 heterocycles. The van der Waals surface area contributed by atoms with E-state index in [9.17, 15) is 13.2 Å². The second-order valence-electron chi connectivity index (χ2n) is 5.23. The summed E-state index contributed by atoms with van der Waals surface area (Å²) in [6.07, 6.45) is 1.19. The SMILES string of the molecule is Cc1ccc(NC(=O)/C(C#N)=C\Nc2ccc(S(=O)(=O)O)cc2)cc1Cl. The largest absolute Gasteiger partial charge is 0.360 e. The number of carbonyl (C=O) groups is 1. The van der Waals surface area contributed by atoms with Crippen molar-refractivity contribution in [3.63, 3.8) is 0 Å². The molecule has 9 heteroatoms. The number of nitriles is 1. The van der Waals surface area contributed by atoms with Gasteiger partial charge in [-0.3, -0.25) is 9.35 Å². The van der Waals surface area contributed by atoms with Gasteiger partial charge in [-0.25, -0.2) is 0 Å². The van der Waals surface area contributed by atoms with Crippen molar-refractivity contribution >= 4 is 39.0 Å². The van der Waals surface area contributed by atoms with Gasteiger partial charge < -0.3 is 10.6 Å². The maximum atomic E-state index is 12.1. The summed E-state index contributed by atoms with van der Waals surface area (Å²) in [4.78, 5) is 11.9. The van der Waals surface area contributed by atoms with Crippen molar-refractivity contribution in [1.29, 1.82) is 5.26 Å². The summed E-state index contributed by atoms with van der Waals surface area (Å²) in [6.45, 7) is 1.83. The quantitative estimate of drug-likeness (QED) is 0.408. The van der Waals surface area contributed by atoms with Crippen LogP contribution in [0.4, 0.5) is 11.4 Å². The molecule has 0 saturated heterocycles. The number of aryl methyl sites for hydroxylation is 1. The Morgan fingerprint density at radius 2 is 1.81 bits per heavy atom. The Labute approximate surface area is 155 Å². The molecule has 0 fully saturated rings. The van der Waals surface area contributed by atoms with Gasteiger partial charge in [-0.15, -0.1) is 0 Å². The summed E-state index contributed by atoms with van der Waals surface area (Å²) in [5.41, 5.74) is 1.54. The van der Waals surface area contributed by atoms with Crippen molar-refractivity contribution in [2.45, 2.75) is 11.8 Å². The van der Waals surface area contributed by atoms with Gasteiger partial charge in [0.25, 0.3) is 16.0 Å². The maximum Gasteiger partial charge on any atom is 0.294 e. The fraction of sp³-hybridized carbons (Fsp3) is 0.0588. The number of benzene rings is 2. The Balaban J connectivity index is 2.10. The zero-order valence-corrected chi connectivity index (χ0v) is 15.1. The first-order valence-electron chi connectivity index (χ1n) is 7.22. The number of amides is 1. The lowest BCUT2D eigenvalue weighted by Crippen LogP contribution is -2.14. The third-order valence-corrected chi connectivity index (χ3v) is 4.61. The van der Waals surface area contributed by atoms with Crippen LogP contribution in [-0.2, 0) is 14.9 Å². The predicted molar refractivity (Wildman–Crippen MR) is 98.4 cm³/mol. The van der Waals surface area contributed by atoms with Gasteiger partial charge in [-0.1, -0.05) is 17.7 Å². The van der Waals surface area contributed by atoms with Gasteiger partial charge in [0.05, 0.1) is 4.90 Å². The molecule has 26 heavy (non-hydrogen) atoms. The molecule has 0 saturated carbocycles. The molecule has 1 amide bonds. The van der Waals surface area contributed by atoms with Gasteiger partial charge in [0.1, 0.15) is 11.6 Å². The standard InChI is InChI=1S/C17H14ClN3O4S/c1-11-2-3-14(8-16(11)18)21-17(22)12(9-19)10-20-13-4-6-15(7-5-13)26(23,24)25/h2-8,10,20H,1H3,(H,21,22)(H,23,24,25)/b12-10-. The third-order valence-electron chi connectivity index (χ3n) is 3.33. The van der Waals surface area contributed by atoms with Crippen LogP contribution in [0.5, 0.6) is 0 Å². The van der Waals surface area contributed by atoms with Crippen LogP contribution in [0.2, 0.25) is 5.02 Å². The highest BCUT2D eigenvalue weighted by atomic mass is 35.5. The van der Waals surface area contributed by atoms with Crippen molar-refractivity contribution in [1.82, 2.24) is 0 Å². The van der Waals surface area contributed by atoms with Crippen molar-refractivity contribution in [2.24, 2.45) is 0 Å². The molecule has 0 aromatic heterocycles. The zero-order valence-electron chi connectivity index (χ0n) is 13.5. The minimum atomic E-state index is -4.28. The number of anilines is 2. The molecular weight excluding hydrogens is 378 g/mol. The smallest absolute Gasteiger partial charge is 0.294 e. The summed E-state index contributed by atoms with van der Waals surface area (Å²) in [5.74, 6) is -0.630. The molecule has 0 atom stereocenters. The first-order chi connectivity index (χ1) is 12.2. The minimum Gasteiger partial charge on any atom is -0.360 e. The number of carbonyl (C=O) groups excluding carboxylic acids is 1. The average molecular weight is 392 g/mol. The first kappa shape index (κ1) is 19.5. The van der Waals surface area contributed by atoms with Gasteiger partial charge in [0, 0.05) is 22.6 Å². The van der Waals surface area contributed by atoms with Crippen LogP contribution >= 0.6 is 11.6 Å². The number of hydrogen-bond donors (Lipinski definition) is 3. The molecule has 0 unspecified atom stereocenters. The van der Waals surface area contributed by atoms with E-state index in [1.54, 1.807) is 24.3 Å². The molecule has 0 aliphatic heterocycles. The minimum absolute atomic E-state index is 0.194. The topological polar surface area (TPSA) is 119 Å². The lowest BCUT2D eigenvalue weighted by atomic mass is 10.2. The summed E-state index contributed by atoms with van der Waals surface area (Å²) in [5, 5.41) is 14.9. The van der Waals surface area contributed by atoms with E-state index < -0.39 is 16.0 Å². The highest BCUT2D eigenvalue weighted by Gasteiger charge is 2.11. The first-order valence-corrected chi connectivity index (χ1v) is 9.04. The van der Waals surface area contributed by atoms with E-state index in [1.165, 1.54) is 30.5 Å². The molecule has 2 aromatic rings. The summed E-state index contributed by atoms with van der Waals surface area (Å²) in [6, 6.07) is 11.9. The van der Waals surface area contributed by atoms with Gasteiger partial charge in [-0.05, 0) is 48.9 Å². The van der Waals surface area contributed by atoms with Crippen molar-refractivity contribution in [2.75, 3.05) is 10.6 Å². The molecule has 0 spiro atoms. The zero-order chi connectivity index (χ0) is 19.3. The van der Waals surface area contributed by atoms with Crippen molar-refractivity contribution in [3.8, 4) is 6.07 Å². The molecule has 3 N–H and O–H groups in total. The Morgan fingerprint density at radius 1 is 1.19 bits per heavy atom. The van der Waals surface area contributed by atoms with Crippen LogP contribution in [0, 0.1) is 18.3 Å². The number of nitrogens with one attached hydrogen (secondary N) is 2. The van der Waals surface area contributed by atoms with E-state index in [0.29, 0.717) is 16.4 Å².